The molecule has 1 saturated heterocycles. The molecule has 0 N–H and O–H groups in total. The summed E-state index contributed by atoms with van der Waals surface area (Å²) in [6.45, 7) is 3.85. The van der Waals surface area contributed by atoms with Gasteiger partial charge in [-0.05, 0) is 50.2 Å². The van der Waals surface area contributed by atoms with E-state index in [1.165, 1.54) is 23.8 Å². The number of benzene rings is 1. The molecule has 3 heteroatoms. The zero-order valence-corrected chi connectivity index (χ0v) is 13.1. The molecule has 0 atom stereocenters. The maximum atomic E-state index is 12.2. The van der Waals surface area contributed by atoms with Crippen LogP contribution in [-0.4, -0.2) is 23.9 Å². The van der Waals surface area contributed by atoms with E-state index in [4.69, 9.17) is 4.42 Å². The van der Waals surface area contributed by atoms with E-state index in [2.05, 4.69) is 31.2 Å². The lowest BCUT2D eigenvalue weighted by atomic mass is 9.90. The molecule has 0 aliphatic carbocycles. The van der Waals surface area contributed by atoms with Crippen molar-refractivity contribution >= 4 is 5.91 Å². The van der Waals surface area contributed by atoms with E-state index in [-0.39, 0.29) is 5.91 Å². The van der Waals surface area contributed by atoms with Crippen LogP contribution in [0.1, 0.15) is 40.7 Å². The summed E-state index contributed by atoms with van der Waals surface area (Å²) in [5.74, 6) is 0.834. The number of hydrogen-bond donors (Lipinski definition) is 0. The van der Waals surface area contributed by atoms with E-state index in [9.17, 15) is 4.79 Å². The van der Waals surface area contributed by atoms with Gasteiger partial charge in [0.05, 0.1) is 11.8 Å². The molecule has 1 aliphatic rings. The average molecular weight is 297 g/mol. The third-order valence-corrected chi connectivity index (χ3v) is 4.63. The number of rotatable bonds is 4. The Kier molecular flexibility index (Phi) is 4.62. The van der Waals surface area contributed by atoms with E-state index in [1.54, 1.807) is 12.3 Å². The van der Waals surface area contributed by atoms with E-state index < -0.39 is 0 Å². The van der Waals surface area contributed by atoms with E-state index in [1.807, 2.05) is 4.90 Å². The Bertz CT molecular complexity index is 593. The van der Waals surface area contributed by atoms with Crippen molar-refractivity contribution < 1.29 is 9.21 Å². The minimum Gasteiger partial charge on any atom is -0.472 e. The molecule has 1 aliphatic heterocycles. The quantitative estimate of drug-likeness (QED) is 0.852. The smallest absolute Gasteiger partial charge is 0.257 e. The topological polar surface area (TPSA) is 33.5 Å². The first-order chi connectivity index (χ1) is 10.7. The molecule has 2 aromatic rings. The molecule has 22 heavy (non-hydrogen) atoms. The van der Waals surface area contributed by atoms with Gasteiger partial charge in [0.25, 0.3) is 5.91 Å². The molecule has 3 rings (SSSR count). The zero-order chi connectivity index (χ0) is 15.4. The van der Waals surface area contributed by atoms with Gasteiger partial charge in [-0.1, -0.05) is 29.8 Å². The van der Waals surface area contributed by atoms with Crippen LogP contribution in [0.3, 0.4) is 0 Å². The number of hydrogen-bond acceptors (Lipinski definition) is 2. The van der Waals surface area contributed by atoms with Crippen LogP contribution in [0, 0.1) is 12.8 Å². The second kappa shape index (κ2) is 6.82. The Labute approximate surface area is 131 Å². The molecule has 0 radical (unpaired) electrons. The molecule has 0 bridgehead atoms. The summed E-state index contributed by atoms with van der Waals surface area (Å²) in [6, 6.07) is 10.6. The van der Waals surface area contributed by atoms with Crippen LogP contribution >= 0.6 is 0 Å². The average Bonchev–Trinajstić information content (AvgIpc) is 3.09. The van der Waals surface area contributed by atoms with Crippen molar-refractivity contribution in [3.8, 4) is 0 Å². The Morgan fingerprint density at radius 3 is 2.55 bits per heavy atom. The van der Waals surface area contributed by atoms with Gasteiger partial charge >= 0.3 is 0 Å². The summed E-state index contributed by atoms with van der Waals surface area (Å²) in [5.41, 5.74) is 3.40. The molecular formula is C19H23NO2. The number of amides is 1. The fourth-order valence-corrected chi connectivity index (χ4v) is 3.12. The maximum absolute atomic E-state index is 12.2. The van der Waals surface area contributed by atoms with Crippen molar-refractivity contribution in [2.45, 2.75) is 32.6 Å². The first-order valence-electron chi connectivity index (χ1n) is 8.09. The van der Waals surface area contributed by atoms with Crippen LogP contribution in [0.5, 0.6) is 0 Å². The summed E-state index contributed by atoms with van der Waals surface area (Å²) < 4.78 is 5.00. The highest BCUT2D eigenvalue weighted by Gasteiger charge is 2.23. The maximum Gasteiger partial charge on any atom is 0.257 e. The largest absolute Gasteiger partial charge is 0.472 e. The van der Waals surface area contributed by atoms with Crippen molar-refractivity contribution in [3.63, 3.8) is 0 Å². The highest BCUT2D eigenvalue weighted by Crippen LogP contribution is 2.23. The van der Waals surface area contributed by atoms with E-state index in [0.29, 0.717) is 5.56 Å². The number of likely N-dealkylation sites (tertiary alicyclic amines) is 1. The van der Waals surface area contributed by atoms with Gasteiger partial charge in [-0.3, -0.25) is 4.79 Å². The standard InChI is InChI=1S/C19H23NO2/c1-15-2-4-16(5-3-15)6-7-17-8-11-20(12-9-17)19(21)18-10-13-22-14-18/h2-5,10,13-14,17H,6-9,11-12H2,1H3. The second-order valence-corrected chi connectivity index (χ2v) is 6.27. The van der Waals surface area contributed by atoms with Crippen LogP contribution in [-0.2, 0) is 6.42 Å². The van der Waals surface area contributed by atoms with Crippen molar-refractivity contribution in [1.29, 1.82) is 0 Å². The number of carbonyl (C=O) groups excluding carboxylic acids is 1. The summed E-state index contributed by atoms with van der Waals surface area (Å²) >= 11 is 0. The van der Waals surface area contributed by atoms with Crippen LogP contribution in [0.2, 0.25) is 0 Å². The number of nitrogens with zero attached hydrogens (tertiary/aromatic N) is 1. The fraction of sp³-hybridized carbons (Fsp3) is 0.421. The fourth-order valence-electron chi connectivity index (χ4n) is 3.12. The third kappa shape index (κ3) is 3.59. The Balaban J connectivity index is 1.45. The van der Waals surface area contributed by atoms with Gasteiger partial charge in [0.15, 0.2) is 0 Å². The molecular weight excluding hydrogens is 274 g/mol. The molecule has 0 spiro atoms. The molecule has 2 heterocycles. The van der Waals surface area contributed by atoms with E-state index >= 15 is 0 Å². The highest BCUT2D eigenvalue weighted by molar-refractivity contribution is 5.93. The second-order valence-electron chi connectivity index (χ2n) is 6.27. The lowest BCUT2D eigenvalue weighted by Crippen LogP contribution is -2.38. The molecule has 1 fully saturated rings. The van der Waals surface area contributed by atoms with Crippen molar-refractivity contribution in [1.82, 2.24) is 4.90 Å². The first kappa shape index (κ1) is 14.9. The minimum absolute atomic E-state index is 0.103. The number of furan rings is 1. The third-order valence-electron chi connectivity index (χ3n) is 4.63. The zero-order valence-electron chi connectivity index (χ0n) is 13.1. The predicted octanol–water partition coefficient (Wildman–Crippen LogP) is 4.07. The van der Waals surface area contributed by atoms with Crippen LogP contribution in [0.15, 0.2) is 47.3 Å². The first-order valence-corrected chi connectivity index (χ1v) is 8.09. The van der Waals surface area contributed by atoms with Gasteiger partial charge in [0, 0.05) is 13.1 Å². The molecule has 1 aromatic carbocycles. The van der Waals surface area contributed by atoms with Crippen LogP contribution in [0.4, 0.5) is 0 Å². The highest BCUT2D eigenvalue weighted by atomic mass is 16.3. The lowest BCUT2D eigenvalue weighted by molar-refractivity contribution is 0.0686. The minimum atomic E-state index is 0.103. The van der Waals surface area contributed by atoms with Crippen molar-refractivity contribution in [3.05, 3.63) is 59.5 Å². The molecule has 0 saturated carbocycles. The molecule has 116 valence electrons. The molecule has 3 nitrogen and oxygen atoms in total. The number of carbonyl (C=O) groups is 1. The Morgan fingerprint density at radius 2 is 1.91 bits per heavy atom. The van der Waals surface area contributed by atoms with Crippen LogP contribution < -0.4 is 0 Å². The van der Waals surface area contributed by atoms with Crippen LogP contribution in [0.25, 0.3) is 0 Å². The molecule has 1 amide bonds. The monoisotopic (exact) mass is 297 g/mol. The van der Waals surface area contributed by atoms with Crippen molar-refractivity contribution in [2.24, 2.45) is 5.92 Å². The van der Waals surface area contributed by atoms with Gasteiger partial charge in [0.1, 0.15) is 6.26 Å². The van der Waals surface area contributed by atoms with Gasteiger partial charge in [-0.25, -0.2) is 0 Å². The Hall–Kier alpha value is -2.03. The summed E-state index contributed by atoms with van der Waals surface area (Å²) in [5, 5.41) is 0. The van der Waals surface area contributed by atoms with E-state index in [0.717, 1.165) is 38.3 Å². The predicted molar refractivity (Wildman–Crippen MR) is 86.8 cm³/mol. The summed E-state index contributed by atoms with van der Waals surface area (Å²) in [6.07, 6.45) is 7.66. The van der Waals surface area contributed by atoms with Gasteiger partial charge in [-0.15, -0.1) is 0 Å². The SMILES string of the molecule is Cc1ccc(CCC2CCN(C(=O)c3ccoc3)CC2)cc1. The summed E-state index contributed by atoms with van der Waals surface area (Å²) in [4.78, 5) is 14.2. The van der Waals surface area contributed by atoms with Gasteiger partial charge < -0.3 is 9.32 Å². The Morgan fingerprint density at radius 1 is 1.18 bits per heavy atom. The van der Waals surface area contributed by atoms with Gasteiger partial charge in [-0.2, -0.15) is 0 Å². The lowest BCUT2D eigenvalue weighted by Gasteiger charge is -2.31. The van der Waals surface area contributed by atoms with Crippen molar-refractivity contribution in [2.75, 3.05) is 13.1 Å². The normalized spacial score (nSPS) is 16.0. The number of piperidine rings is 1. The van der Waals surface area contributed by atoms with Gasteiger partial charge in [0.2, 0.25) is 0 Å². The summed E-state index contributed by atoms with van der Waals surface area (Å²) in [7, 11) is 0. The number of aryl methyl sites for hydroxylation is 2. The molecule has 1 aromatic heterocycles. The molecule has 0 unspecified atom stereocenters.